The van der Waals surface area contributed by atoms with Crippen LogP contribution in [-0.4, -0.2) is 6.17 Å². The molecule has 0 aliphatic heterocycles. The van der Waals surface area contributed by atoms with Crippen LogP contribution in [0.15, 0.2) is 12.2 Å². The summed E-state index contributed by atoms with van der Waals surface area (Å²) in [5.41, 5.74) is 1.06. The van der Waals surface area contributed by atoms with E-state index in [-0.39, 0.29) is 0 Å². The Morgan fingerprint density at radius 1 is 1.67 bits per heavy atom. The summed E-state index contributed by atoms with van der Waals surface area (Å²) in [7, 11) is 0. The molecule has 0 aromatic rings. The zero-order chi connectivity index (χ0) is 4.57. The molecule has 0 saturated heterocycles. The van der Waals surface area contributed by atoms with Gasteiger partial charge >= 0.3 is 0 Å². The fourth-order valence-corrected chi connectivity index (χ4v) is 0.567. The SMILES string of the molecule is C=C1CC(F)C1. The zero-order valence-corrected chi connectivity index (χ0v) is 3.58. The molecule has 0 aromatic heterocycles. The van der Waals surface area contributed by atoms with Crippen molar-refractivity contribution in [1.82, 2.24) is 0 Å². The van der Waals surface area contributed by atoms with Crippen molar-refractivity contribution in [2.45, 2.75) is 19.0 Å². The maximum atomic E-state index is 11.7. The van der Waals surface area contributed by atoms with E-state index in [0.29, 0.717) is 12.8 Å². The third-order valence-electron chi connectivity index (χ3n) is 1.02. The van der Waals surface area contributed by atoms with E-state index in [9.17, 15) is 4.39 Å². The van der Waals surface area contributed by atoms with Gasteiger partial charge in [0.1, 0.15) is 6.17 Å². The van der Waals surface area contributed by atoms with Gasteiger partial charge in [0.15, 0.2) is 0 Å². The Hall–Kier alpha value is -0.330. The Morgan fingerprint density at radius 2 is 2.17 bits per heavy atom. The van der Waals surface area contributed by atoms with Gasteiger partial charge < -0.3 is 0 Å². The Kier molecular flexibility index (Phi) is 0.685. The summed E-state index contributed by atoms with van der Waals surface area (Å²) in [5, 5.41) is 0. The molecule has 0 atom stereocenters. The second kappa shape index (κ2) is 1.07. The largest absolute Gasteiger partial charge is 0.247 e. The first-order valence-corrected chi connectivity index (χ1v) is 2.10. The van der Waals surface area contributed by atoms with Crippen LogP contribution in [-0.2, 0) is 0 Å². The van der Waals surface area contributed by atoms with E-state index in [1.54, 1.807) is 0 Å². The van der Waals surface area contributed by atoms with Gasteiger partial charge in [-0.3, -0.25) is 0 Å². The molecule has 0 N–H and O–H groups in total. The molecular weight excluding hydrogens is 79.1 g/mol. The second-order valence-electron chi connectivity index (χ2n) is 1.76. The van der Waals surface area contributed by atoms with Gasteiger partial charge in [0.2, 0.25) is 0 Å². The molecule has 6 heavy (non-hydrogen) atoms. The molecule has 0 heterocycles. The fraction of sp³-hybridized carbons (Fsp3) is 0.600. The number of alkyl halides is 1. The van der Waals surface area contributed by atoms with Crippen LogP contribution >= 0.6 is 0 Å². The van der Waals surface area contributed by atoms with Crippen molar-refractivity contribution in [2.75, 3.05) is 0 Å². The van der Waals surface area contributed by atoms with Crippen LogP contribution in [0.3, 0.4) is 0 Å². The summed E-state index contributed by atoms with van der Waals surface area (Å²) in [6.07, 6.45) is 0.664. The summed E-state index contributed by atoms with van der Waals surface area (Å²) < 4.78 is 11.7. The van der Waals surface area contributed by atoms with Gasteiger partial charge in [0.05, 0.1) is 0 Å². The topological polar surface area (TPSA) is 0 Å². The molecule has 0 radical (unpaired) electrons. The molecule has 1 aliphatic rings. The van der Waals surface area contributed by atoms with Gasteiger partial charge in [-0.15, -0.1) is 0 Å². The lowest BCUT2D eigenvalue weighted by molar-refractivity contribution is 0.273. The lowest BCUT2D eigenvalue weighted by atomic mass is 9.92. The monoisotopic (exact) mass is 86.1 g/mol. The van der Waals surface area contributed by atoms with Crippen LogP contribution in [0.2, 0.25) is 0 Å². The van der Waals surface area contributed by atoms with E-state index in [4.69, 9.17) is 0 Å². The van der Waals surface area contributed by atoms with Gasteiger partial charge in [-0.25, -0.2) is 4.39 Å². The predicted molar refractivity (Wildman–Crippen MR) is 23.3 cm³/mol. The molecule has 1 saturated carbocycles. The summed E-state index contributed by atoms with van der Waals surface area (Å²) in [6.45, 7) is 3.57. The lowest BCUT2D eigenvalue weighted by Crippen LogP contribution is -2.13. The van der Waals surface area contributed by atoms with Crippen molar-refractivity contribution in [2.24, 2.45) is 0 Å². The number of rotatable bonds is 0. The van der Waals surface area contributed by atoms with Gasteiger partial charge in [-0.2, -0.15) is 0 Å². The zero-order valence-electron chi connectivity index (χ0n) is 3.58. The summed E-state index contributed by atoms with van der Waals surface area (Å²) in [4.78, 5) is 0. The number of hydrogen-bond acceptors (Lipinski definition) is 0. The average molecular weight is 86.1 g/mol. The number of allylic oxidation sites excluding steroid dienone is 1. The predicted octanol–water partition coefficient (Wildman–Crippen LogP) is 1.67. The smallest absolute Gasteiger partial charge is 0.107 e. The summed E-state index contributed by atoms with van der Waals surface area (Å²) in [6, 6.07) is 0. The molecule has 1 fully saturated rings. The summed E-state index contributed by atoms with van der Waals surface area (Å²) >= 11 is 0. The molecule has 34 valence electrons. The normalized spacial score (nSPS) is 23.8. The first-order chi connectivity index (χ1) is 2.79. The Bertz CT molecular complexity index is 68.0. The third kappa shape index (κ3) is 0.445. The second-order valence-corrected chi connectivity index (χ2v) is 1.76. The Balaban J connectivity index is 2.28. The maximum Gasteiger partial charge on any atom is 0.107 e. The molecular formula is C5H7F. The van der Waals surface area contributed by atoms with Crippen molar-refractivity contribution in [1.29, 1.82) is 0 Å². The van der Waals surface area contributed by atoms with Crippen molar-refractivity contribution in [3.63, 3.8) is 0 Å². The van der Waals surface area contributed by atoms with Crippen LogP contribution in [0, 0.1) is 0 Å². The lowest BCUT2D eigenvalue weighted by Gasteiger charge is -2.19. The quantitative estimate of drug-likeness (QED) is 0.393. The van der Waals surface area contributed by atoms with Crippen LogP contribution in [0.1, 0.15) is 12.8 Å². The van der Waals surface area contributed by atoms with E-state index < -0.39 is 6.17 Å². The van der Waals surface area contributed by atoms with E-state index in [0.717, 1.165) is 5.57 Å². The van der Waals surface area contributed by atoms with Crippen LogP contribution in [0.4, 0.5) is 4.39 Å². The highest BCUT2D eigenvalue weighted by Gasteiger charge is 2.19. The minimum Gasteiger partial charge on any atom is -0.247 e. The molecule has 0 aromatic carbocycles. The number of hydrogen-bond donors (Lipinski definition) is 0. The Morgan fingerprint density at radius 3 is 2.17 bits per heavy atom. The maximum absolute atomic E-state index is 11.7. The van der Waals surface area contributed by atoms with Crippen molar-refractivity contribution >= 4 is 0 Å². The summed E-state index contributed by atoms with van der Waals surface area (Å²) in [5.74, 6) is 0. The minimum absolute atomic E-state index is 0.558. The first kappa shape index (κ1) is 3.85. The highest BCUT2D eigenvalue weighted by molar-refractivity contribution is 5.08. The molecule has 1 heteroatoms. The minimum atomic E-state index is -0.558. The standard InChI is InChI=1S/C5H7F/c1-4-2-5(6)3-4/h5H,1-3H2. The van der Waals surface area contributed by atoms with Crippen molar-refractivity contribution in [3.05, 3.63) is 12.2 Å². The molecule has 0 bridgehead atoms. The van der Waals surface area contributed by atoms with E-state index >= 15 is 0 Å². The van der Waals surface area contributed by atoms with Crippen molar-refractivity contribution in [3.8, 4) is 0 Å². The molecule has 0 nitrogen and oxygen atoms in total. The average Bonchev–Trinajstić information content (AvgIpc) is 1.33. The van der Waals surface area contributed by atoms with E-state index in [2.05, 4.69) is 6.58 Å². The van der Waals surface area contributed by atoms with E-state index in [1.807, 2.05) is 0 Å². The fourth-order valence-electron chi connectivity index (χ4n) is 0.567. The highest BCUT2D eigenvalue weighted by atomic mass is 19.1. The van der Waals surface area contributed by atoms with Crippen molar-refractivity contribution < 1.29 is 4.39 Å². The van der Waals surface area contributed by atoms with Crippen LogP contribution < -0.4 is 0 Å². The Labute approximate surface area is 36.7 Å². The number of halogens is 1. The van der Waals surface area contributed by atoms with Crippen LogP contribution in [0.25, 0.3) is 0 Å². The van der Waals surface area contributed by atoms with Crippen LogP contribution in [0.5, 0.6) is 0 Å². The first-order valence-electron chi connectivity index (χ1n) is 2.10. The van der Waals surface area contributed by atoms with E-state index in [1.165, 1.54) is 0 Å². The van der Waals surface area contributed by atoms with Gasteiger partial charge in [-0.05, 0) is 12.8 Å². The van der Waals surface area contributed by atoms with Gasteiger partial charge in [0, 0.05) is 0 Å². The third-order valence-corrected chi connectivity index (χ3v) is 1.02. The highest BCUT2D eigenvalue weighted by Crippen LogP contribution is 2.26. The molecule has 1 rings (SSSR count). The molecule has 0 amide bonds. The van der Waals surface area contributed by atoms with Gasteiger partial charge in [0.25, 0.3) is 0 Å². The van der Waals surface area contributed by atoms with Gasteiger partial charge in [-0.1, -0.05) is 12.2 Å². The molecule has 0 unspecified atom stereocenters. The molecule has 0 spiro atoms. The molecule has 1 aliphatic carbocycles.